The topological polar surface area (TPSA) is 101 Å². The van der Waals surface area contributed by atoms with E-state index in [1.807, 2.05) is 62.4 Å². The lowest BCUT2D eigenvalue weighted by atomic mass is 9.65. The summed E-state index contributed by atoms with van der Waals surface area (Å²) in [4.78, 5) is 53.1. The first-order valence-electron chi connectivity index (χ1n) is 11.8. The van der Waals surface area contributed by atoms with E-state index in [0.717, 1.165) is 16.0 Å². The van der Waals surface area contributed by atoms with Crippen LogP contribution in [-0.2, 0) is 10.2 Å². The van der Waals surface area contributed by atoms with Crippen LogP contribution in [0.1, 0.15) is 59.0 Å². The number of fused-ring (bicyclic) bond motifs is 2. The molecule has 0 saturated carbocycles. The Labute approximate surface area is 218 Å². The zero-order valence-corrected chi connectivity index (χ0v) is 21.3. The number of benzene rings is 3. The predicted octanol–water partition coefficient (Wildman–Crippen LogP) is 5.37. The molecule has 0 bridgehead atoms. The van der Waals surface area contributed by atoms with Gasteiger partial charge in [-0.15, -0.1) is 0 Å². The van der Waals surface area contributed by atoms with E-state index in [9.17, 15) is 24.5 Å². The van der Waals surface area contributed by atoms with Crippen LogP contribution in [-0.4, -0.2) is 39.6 Å². The van der Waals surface area contributed by atoms with Crippen molar-refractivity contribution in [1.29, 1.82) is 0 Å². The molecule has 3 aromatic rings. The summed E-state index contributed by atoms with van der Waals surface area (Å²) in [6.45, 7) is 5.49. The molecule has 0 N–H and O–H groups in total. The molecule has 0 saturated heterocycles. The Kier molecular flexibility index (Phi) is 5.68. The highest BCUT2D eigenvalue weighted by Gasteiger charge is 2.49. The first kappa shape index (κ1) is 24.6. The number of rotatable bonds is 4. The lowest BCUT2D eigenvalue weighted by molar-refractivity contribution is -0.385. The quantitative estimate of drug-likeness (QED) is 0.263. The van der Waals surface area contributed by atoms with Crippen LogP contribution in [0.25, 0.3) is 0 Å². The number of anilines is 1. The first-order chi connectivity index (χ1) is 17.5. The highest BCUT2D eigenvalue weighted by Crippen LogP contribution is 2.50. The van der Waals surface area contributed by atoms with Gasteiger partial charge in [0.25, 0.3) is 17.5 Å². The second-order valence-electron chi connectivity index (χ2n) is 10.2. The number of nitro groups is 1. The predicted molar refractivity (Wildman–Crippen MR) is 139 cm³/mol. The van der Waals surface area contributed by atoms with E-state index in [1.165, 1.54) is 18.2 Å². The number of nitro benzene ring substituents is 1. The van der Waals surface area contributed by atoms with Gasteiger partial charge < -0.3 is 4.90 Å². The number of hydrogen-bond acceptors (Lipinski definition) is 5. The molecule has 3 amide bonds. The second kappa shape index (κ2) is 8.52. The van der Waals surface area contributed by atoms with Crippen LogP contribution in [0.3, 0.4) is 0 Å². The van der Waals surface area contributed by atoms with Crippen molar-refractivity contribution in [2.24, 2.45) is 0 Å². The molecule has 0 aliphatic carbocycles. The molecule has 2 aliphatic rings. The van der Waals surface area contributed by atoms with E-state index < -0.39 is 45.8 Å². The van der Waals surface area contributed by atoms with Gasteiger partial charge in [-0.3, -0.25) is 29.4 Å². The van der Waals surface area contributed by atoms with Crippen LogP contribution >= 0.6 is 11.6 Å². The minimum atomic E-state index is -0.838. The molecule has 1 atom stereocenters. The summed E-state index contributed by atoms with van der Waals surface area (Å²) in [6.07, 6.45) is 0.567. The standard InChI is InChI=1S/C28H24ClN3O5/c1-27(2)16-28(3,17-11-13-18(29)14-12-17)20-8-4-5-9-21(20)31(27)23(33)15-30-25(34)19-7-6-10-22(32(36)37)24(19)26(30)35/h4-14H,15-16H2,1-3H3/t28-/m1/s1. The number of carbonyl (C=O) groups is 3. The van der Waals surface area contributed by atoms with Gasteiger partial charge in [0.1, 0.15) is 12.1 Å². The summed E-state index contributed by atoms with van der Waals surface area (Å²) in [5.74, 6) is -2.01. The molecule has 3 aromatic carbocycles. The van der Waals surface area contributed by atoms with Gasteiger partial charge in [-0.2, -0.15) is 0 Å². The Morgan fingerprint density at radius 1 is 0.973 bits per heavy atom. The molecular weight excluding hydrogens is 494 g/mol. The number of carbonyl (C=O) groups excluding carboxylic acids is 3. The third-order valence-electron chi connectivity index (χ3n) is 7.33. The van der Waals surface area contributed by atoms with Crippen LogP contribution in [0.4, 0.5) is 11.4 Å². The molecular formula is C28H24ClN3O5. The molecule has 37 heavy (non-hydrogen) atoms. The number of hydrogen-bond donors (Lipinski definition) is 0. The van der Waals surface area contributed by atoms with Gasteiger partial charge in [0, 0.05) is 27.7 Å². The van der Waals surface area contributed by atoms with Gasteiger partial charge in [-0.1, -0.05) is 54.9 Å². The van der Waals surface area contributed by atoms with Crippen LogP contribution in [0.2, 0.25) is 5.02 Å². The Morgan fingerprint density at radius 2 is 1.65 bits per heavy atom. The van der Waals surface area contributed by atoms with Crippen molar-refractivity contribution in [1.82, 2.24) is 4.90 Å². The molecule has 0 aromatic heterocycles. The zero-order valence-electron chi connectivity index (χ0n) is 20.5. The van der Waals surface area contributed by atoms with Crippen molar-refractivity contribution >= 4 is 40.7 Å². The molecule has 5 rings (SSSR count). The molecule has 0 spiro atoms. The Balaban J connectivity index is 1.53. The van der Waals surface area contributed by atoms with Crippen molar-refractivity contribution in [3.8, 4) is 0 Å². The fraction of sp³-hybridized carbons (Fsp3) is 0.250. The lowest BCUT2D eigenvalue weighted by Crippen LogP contribution is -2.58. The minimum Gasteiger partial charge on any atom is -0.305 e. The SMILES string of the molecule is CC1(C)C[C@](C)(c2ccc(Cl)cc2)c2ccccc2N1C(=O)CN1C(=O)c2cccc([N+](=O)[O-])c2C1=O. The van der Waals surface area contributed by atoms with Gasteiger partial charge >= 0.3 is 0 Å². The van der Waals surface area contributed by atoms with E-state index in [1.54, 1.807) is 4.90 Å². The average molecular weight is 518 g/mol. The summed E-state index contributed by atoms with van der Waals surface area (Å²) >= 11 is 6.13. The van der Waals surface area contributed by atoms with Crippen LogP contribution in [0, 0.1) is 10.1 Å². The lowest BCUT2D eigenvalue weighted by Gasteiger charge is -2.51. The van der Waals surface area contributed by atoms with Crippen molar-refractivity contribution in [2.45, 2.75) is 38.1 Å². The van der Waals surface area contributed by atoms with Gasteiger partial charge in [0.2, 0.25) is 5.91 Å². The molecule has 9 heteroatoms. The third-order valence-corrected chi connectivity index (χ3v) is 7.58. The summed E-state index contributed by atoms with van der Waals surface area (Å²) in [5, 5.41) is 12.1. The normalized spacial score (nSPS) is 20.0. The molecule has 2 heterocycles. The number of imide groups is 1. The van der Waals surface area contributed by atoms with Gasteiger partial charge in [-0.25, -0.2) is 0 Å². The molecule has 8 nitrogen and oxygen atoms in total. The van der Waals surface area contributed by atoms with Crippen LogP contribution in [0.15, 0.2) is 66.7 Å². The number of para-hydroxylation sites is 1. The highest BCUT2D eigenvalue weighted by atomic mass is 35.5. The van der Waals surface area contributed by atoms with Gasteiger partial charge in [0.15, 0.2) is 0 Å². The van der Waals surface area contributed by atoms with E-state index in [2.05, 4.69) is 6.92 Å². The molecule has 0 unspecified atom stereocenters. The van der Waals surface area contributed by atoms with Crippen molar-refractivity contribution < 1.29 is 19.3 Å². The largest absolute Gasteiger partial charge is 0.305 e. The fourth-order valence-electron chi connectivity index (χ4n) is 5.87. The Bertz CT molecular complexity index is 1480. The number of halogens is 1. The van der Waals surface area contributed by atoms with E-state index in [0.29, 0.717) is 17.1 Å². The molecule has 2 aliphatic heterocycles. The summed E-state index contributed by atoms with van der Waals surface area (Å²) in [7, 11) is 0. The highest BCUT2D eigenvalue weighted by molar-refractivity contribution is 6.30. The first-order valence-corrected chi connectivity index (χ1v) is 12.2. The third kappa shape index (κ3) is 3.79. The van der Waals surface area contributed by atoms with Gasteiger partial charge in [-0.05, 0) is 55.7 Å². The minimum absolute atomic E-state index is 0.0689. The molecule has 0 fully saturated rings. The maximum absolute atomic E-state index is 13.8. The zero-order chi connectivity index (χ0) is 26.7. The summed E-state index contributed by atoms with van der Waals surface area (Å²) in [6, 6.07) is 19.1. The van der Waals surface area contributed by atoms with E-state index >= 15 is 0 Å². The molecule has 0 radical (unpaired) electrons. The van der Waals surface area contributed by atoms with Crippen molar-refractivity contribution in [2.75, 3.05) is 11.4 Å². The van der Waals surface area contributed by atoms with Crippen LogP contribution < -0.4 is 4.90 Å². The van der Waals surface area contributed by atoms with Crippen molar-refractivity contribution in [3.05, 3.63) is 104 Å². The average Bonchev–Trinajstić information content (AvgIpc) is 3.08. The maximum atomic E-state index is 13.8. The summed E-state index contributed by atoms with van der Waals surface area (Å²) < 4.78 is 0. The summed E-state index contributed by atoms with van der Waals surface area (Å²) in [5.41, 5.74) is 0.749. The van der Waals surface area contributed by atoms with Crippen LogP contribution in [0.5, 0.6) is 0 Å². The smallest absolute Gasteiger partial charge is 0.282 e. The van der Waals surface area contributed by atoms with E-state index in [-0.39, 0.29) is 11.1 Å². The Morgan fingerprint density at radius 3 is 2.32 bits per heavy atom. The maximum Gasteiger partial charge on any atom is 0.282 e. The fourth-order valence-corrected chi connectivity index (χ4v) is 5.99. The Hall–Kier alpha value is -4.04. The van der Waals surface area contributed by atoms with E-state index in [4.69, 9.17) is 11.6 Å². The monoisotopic (exact) mass is 517 g/mol. The number of amides is 3. The van der Waals surface area contributed by atoms with Gasteiger partial charge in [0.05, 0.1) is 10.5 Å². The number of nitrogens with zero attached hydrogens (tertiary/aromatic N) is 3. The molecule has 188 valence electrons. The van der Waals surface area contributed by atoms with Crippen molar-refractivity contribution in [3.63, 3.8) is 0 Å². The second-order valence-corrected chi connectivity index (χ2v) is 10.7.